The number of rotatable bonds is 1. The molecule has 1 aromatic rings. The van der Waals surface area contributed by atoms with Crippen LogP contribution in [0.15, 0.2) is 12.1 Å². The smallest absolute Gasteiger partial charge is 0.273 e. The van der Waals surface area contributed by atoms with E-state index in [1.165, 1.54) is 6.07 Å². The number of non-ortho nitro benzene ring substituents is 1. The van der Waals surface area contributed by atoms with Crippen molar-refractivity contribution < 1.29 is 14.8 Å². The van der Waals surface area contributed by atoms with Crippen LogP contribution in [0.1, 0.15) is 24.8 Å². The molecule has 0 aromatic heterocycles. The molecule has 0 radical (unpaired) electrons. The molecular formula is C11H10N2O4. The maximum absolute atomic E-state index is 11.9. The van der Waals surface area contributed by atoms with Crippen LogP contribution in [0.4, 0.5) is 11.4 Å². The van der Waals surface area contributed by atoms with Crippen LogP contribution >= 0.6 is 0 Å². The van der Waals surface area contributed by atoms with Gasteiger partial charge in [-0.25, -0.2) is 0 Å². The van der Waals surface area contributed by atoms with E-state index in [1.54, 1.807) is 0 Å². The molecule has 6 nitrogen and oxygen atoms in total. The molecule has 1 spiro atoms. The van der Waals surface area contributed by atoms with Crippen LogP contribution in [0.25, 0.3) is 0 Å². The average Bonchev–Trinajstić information content (AvgIpc) is 2.50. The first kappa shape index (κ1) is 10.1. The number of anilines is 1. The zero-order chi connectivity index (χ0) is 12.2. The molecule has 1 aliphatic heterocycles. The first-order valence-corrected chi connectivity index (χ1v) is 5.38. The van der Waals surface area contributed by atoms with E-state index in [9.17, 15) is 20.0 Å². The van der Waals surface area contributed by atoms with E-state index in [2.05, 4.69) is 5.32 Å². The number of carbonyl (C=O) groups excluding carboxylic acids is 1. The van der Waals surface area contributed by atoms with Gasteiger partial charge in [-0.1, -0.05) is 6.42 Å². The molecule has 0 bridgehead atoms. The lowest BCUT2D eigenvalue weighted by molar-refractivity contribution is -0.385. The fourth-order valence-electron chi connectivity index (χ4n) is 2.61. The van der Waals surface area contributed by atoms with Crippen LogP contribution in [0.5, 0.6) is 5.75 Å². The first-order valence-electron chi connectivity index (χ1n) is 5.38. The summed E-state index contributed by atoms with van der Waals surface area (Å²) in [6, 6.07) is 2.46. The van der Waals surface area contributed by atoms with Crippen LogP contribution in [-0.2, 0) is 10.2 Å². The van der Waals surface area contributed by atoms with Crippen molar-refractivity contribution in [3.63, 3.8) is 0 Å². The topological polar surface area (TPSA) is 92.5 Å². The summed E-state index contributed by atoms with van der Waals surface area (Å²) in [6.07, 6.45) is 2.30. The SMILES string of the molecule is O=C1Nc2c(O)cc([N+](=O)[O-])cc2C12CCC2. The molecule has 1 amide bonds. The van der Waals surface area contributed by atoms with E-state index in [0.29, 0.717) is 24.1 Å². The number of hydrogen-bond donors (Lipinski definition) is 2. The third-order valence-corrected chi connectivity index (χ3v) is 3.71. The molecule has 1 heterocycles. The predicted octanol–water partition coefficient (Wildman–Crippen LogP) is 1.67. The summed E-state index contributed by atoms with van der Waals surface area (Å²) in [5.74, 6) is -0.388. The zero-order valence-corrected chi connectivity index (χ0v) is 8.90. The highest BCUT2D eigenvalue weighted by Gasteiger charge is 2.52. The Bertz CT molecular complexity index is 549. The minimum Gasteiger partial charge on any atom is -0.505 e. The summed E-state index contributed by atoms with van der Waals surface area (Å²) in [4.78, 5) is 22.1. The minimum atomic E-state index is -0.640. The van der Waals surface area contributed by atoms with Gasteiger partial charge in [-0.3, -0.25) is 14.9 Å². The Kier molecular flexibility index (Phi) is 1.76. The number of carbonyl (C=O) groups is 1. The van der Waals surface area contributed by atoms with Crippen LogP contribution in [0, 0.1) is 10.1 Å². The predicted molar refractivity (Wildman–Crippen MR) is 58.9 cm³/mol. The maximum atomic E-state index is 11.9. The van der Waals surface area contributed by atoms with Gasteiger partial charge in [0.1, 0.15) is 5.75 Å². The quantitative estimate of drug-likeness (QED) is 0.439. The monoisotopic (exact) mass is 234 g/mol. The van der Waals surface area contributed by atoms with Crippen molar-refractivity contribution in [2.75, 3.05) is 5.32 Å². The molecule has 2 N–H and O–H groups in total. The van der Waals surface area contributed by atoms with Gasteiger partial charge in [0.15, 0.2) is 0 Å². The van der Waals surface area contributed by atoms with Crippen molar-refractivity contribution in [1.82, 2.24) is 0 Å². The number of benzene rings is 1. The first-order chi connectivity index (χ1) is 8.04. The Balaban J connectivity index is 2.22. The van der Waals surface area contributed by atoms with Crippen molar-refractivity contribution in [3.8, 4) is 5.75 Å². The lowest BCUT2D eigenvalue weighted by Gasteiger charge is -2.35. The second-order valence-electron chi connectivity index (χ2n) is 4.53. The van der Waals surface area contributed by atoms with Gasteiger partial charge in [0.25, 0.3) is 5.69 Å². The number of nitro groups is 1. The van der Waals surface area contributed by atoms with Gasteiger partial charge < -0.3 is 10.4 Å². The molecule has 88 valence electrons. The normalized spacial score (nSPS) is 19.6. The zero-order valence-electron chi connectivity index (χ0n) is 8.90. The Morgan fingerprint density at radius 1 is 1.41 bits per heavy atom. The van der Waals surface area contributed by atoms with E-state index in [0.717, 1.165) is 12.5 Å². The standard InChI is InChI=1S/C11H10N2O4/c14-8-5-6(13(16)17)4-7-9(8)12-10(15)11(7)2-1-3-11/h4-5,14H,1-3H2,(H,12,15). The lowest BCUT2D eigenvalue weighted by atomic mass is 9.65. The van der Waals surface area contributed by atoms with Crippen molar-refractivity contribution in [1.29, 1.82) is 0 Å². The van der Waals surface area contributed by atoms with E-state index < -0.39 is 10.3 Å². The van der Waals surface area contributed by atoms with Crippen molar-refractivity contribution in [2.45, 2.75) is 24.7 Å². The largest absolute Gasteiger partial charge is 0.505 e. The molecule has 1 saturated carbocycles. The molecule has 0 unspecified atom stereocenters. The molecule has 0 saturated heterocycles. The molecule has 0 atom stereocenters. The van der Waals surface area contributed by atoms with E-state index in [1.807, 2.05) is 0 Å². The summed E-state index contributed by atoms with van der Waals surface area (Å²) in [6.45, 7) is 0. The summed E-state index contributed by atoms with van der Waals surface area (Å²) < 4.78 is 0. The molecule has 1 aliphatic carbocycles. The second-order valence-corrected chi connectivity index (χ2v) is 4.53. The van der Waals surface area contributed by atoms with Gasteiger partial charge in [-0.2, -0.15) is 0 Å². The van der Waals surface area contributed by atoms with Crippen molar-refractivity contribution in [2.24, 2.45) is 0 Å². The molecular weight excluding hydrogens is 224 g/mol. The highest BCUT2D eigenvalue weighted by molar-refractivity contribution is 6.08. The van der Waals surface area contributed by atoms with Gasteiger partial charge in [-0.05, 0) is 12.8 Å². The highest BCUT2D eigenvalue weighted by Crippen LogP contribution is 2.54. The Hall–Kier alpha value is -2.11. The molecule has 3 rings (SSSR count). The van der Waals surface area contributed by atoms with Gasteiger partial charge >= 0.3 is 0 Å². The fraction of sp³-hybridized carbons (Fsp3) is 0.364. The number of aromatic hydroxyl groups is 1. The van der Waals surface area contributed by atoms with Gasteiger partial charge in [0, 0.05) is 11.6 Å². The summed E-state index contributed by atoms with van der Waals surface area (Å²) in [7, 11) is 0. The van der Waals surface area contributed by atoms with Crippen LogP contribution < -0.4 is 5.32 Å². The Labute approximate surface area is 96.4 Å². The number of phenolic OH excluding ortho intramolecular Hbond substituents is 1. The number of nitro benzene ring substituents is 1. The van der Waals surface area contributed by atoms with Gasteiger partial charge in [-0.15, -0.1) is 0 Å². The third kappa shape index (κ3) is 1.12. The van der Waals surface area contributed by atoms with Gasteiger partial charge in [0.2, 0.25) is 5.91 Å². The average molecular weight is 234 g/mol. The molecule has 6 heteroatoms. The summed E-state index contributed by atoms with van der Waals surface area (Å²) >= 11 is 0. The van der Waals surface area contributed by atoms with E-state index in [-0.39, 0.29) is 17.3 Å². The van der Waals surface area contributed by atoms with Gasteiger partial charge in [0.05, 0.1) is 22.1 Å². The van der Waals surface area contributed by atoms with Crippen LogP contribution in [0.2, 0.25) is 0 Å². The van der Waals surface area contributed by atoms with E-state index in [4.69, 9.17) is 0 Å². The third-order valence-electron chi connectivity index (χ3n) is 3.71. The molecule has 2 aliphatic rings. The highest BCUT2D eigenvalue weighted by atomic mass is 16.6. The number of phenols is 1. The number of nitrogens with zero attached hydrogens (tertiary/aromatic N) is 1. The van der Waals surface area contributed by atoms with Crippen LogP contribution in [-0.4, -0.2) is 15.9 Å². The fourth-order valence-corrected chi connectivity index (χ4v) is 2.61. The lowest BCUT2D eigenvalue weighted by Crippen LogP contribution is -2.40. The van der Waals surface area contributed by atoms with Crippen molar-refractivity contribution in [3.05, 3.63) is 27.8 Å². The summed E-state index contributed by atoms with van der Waals surface area (Å²) in [5.41, 5.74) is 0.0866. The number of hydrogen-bond acceptors (Lipinski definition) is 4. The van der Waals surface area contributed by atoms with Crippen molar-refractivity contribution >= 4 is 17.3 Å². The molecule has 17 heavy (non-hydrogen) atoms. The maximum Gasteiger partial charge on any atom is 0.273 e. The minimum absolute atomic E-state index is 0.158. The Morgan fingerprint density at radius 3 is 2.65 bits per heavy atom. The number of fused-ring (bicyclic) bond motifs is 2. The summed E-state index contributed by atoms with van der Waals surface area (Å²) in [5, 5.41) is 23.1. The Morgan fingerprint density at radius 2 is 2.12 bits per heavy atom. The number of amides is 1. The van der Waals surface area contributed by atoms with E-state index >= 15 is 0 Å². The van der Waals surface area contributed by atoms with Crippen LogP contribution in [0.3, 0.4) is 0 Å². The molecule has 1 aromatic carbocycles. The second kappa shape index (κ2) is 2.97. The molecule has 1 fully saturated rings. The number of nitrogens with one attached hydrogen (secondary N) is 1.